The van der Waals surface area contributed by atoms with Gasteiger partial charge in [-0.2, -0.15) is 0 Å². The van der Waals surface area contributed by atoms with Crippen molar-refractivity contribution in [2.24, 2.45) is 0 Å². The summed E-state index contributed by atoms with van der Waals surface area (Å²) in [5.41, 5.74) is 3.78. The van der Waals surface area contributed by atoms with E-state index in [1.165, 1.54) is 18.9 Å². The zero-order valence-electron chi connectivity index (χ0n) is 15.2. The van der Waals surface area contributed by atoms with E-state index in [4.69, 9.17) is 5.11 Å². The van der Waals surface area contributed by atoms with Crippen LogP contribution in [0.15, 0.2) is 12.1 Å². The highest BCUT2D eigenvalue weighted by Gasteiger charge is 2.19. The molecule has 0 radical (unpaired) electrons. The highest BCUT2D eigenvalue weighted by atomic mass is 35.5. The number of aliphatic carboxylic acids is 1. The van der Waals surface area contributed by atoms with Crippen molar-refractivity contribution in [3.05, 3.63) is 28.8 Å². The van der Waals surface area contributed by atoms with Crippen molar-refractivity contribution < 1.29 is 19.5 Å². The van der Waals surface area contributed by atoms with Crippen molar-refractivity contribution >= 4 is 35.9 Å². The number of aryl methyl sites for hydroxylation is 3. The van der Waals surface area contributed by atoms with Crippen molar-refractivity contribution in [3.8, 4) is 0 Å². The molecule has 0 aliphatic rings. The second-order valence-electron chi connectivity index (χ2n) is 6.03. The number of carboxylic acid groups (broad SMARTS) is 1. The number of carboxylic acids is 1. The summed E-state index contributed by atoms with van der Waals surface area (Å²) in [6, 6.07) is 3.18. The number of nitrogens with one attached hydrogen (secondary N) is 2. The fraction of sp³-hybridized carbons (Fsp3) is 0.471. The maximum Gasteiger partial charge on any atom is 0.320 e. The number of likely N-dealkylation sites (N-methyl/N-ethyl adjacent to an activating group) is 1. The Hall–Kier alpha value is -2.12. The van der Waals surface area contributed by atoms with Crippen LogP contribution in [0.2, 0.25) is 0 Å². The fourth-order valence-corrected chi connectivity index (χ4v) is 2.35. The first-order valence-electron chi connectivity index (χ1n) is 7.69. The number of benzene rings is 1. The van der Waals surface area contributed by atoms with Crippen LogP contribution < -0.4 is 10.6 Å². The van der Waals surface area contributed by atoms with Gasteiger partial charge >= 0.3 is 5.97 Å². The molecule has 0 fully saturated rings. The standard InChI is InChI=1S/C17H25N3O4.ClH/c1-10-6-11(2)16(12(3)7-10)19-14(21)8-18-15(22)9-20(5)13(4)17(23)24;/h6-7,13H,8-9H2,1-5H3,(H,18,22)(H,19,21)(H,23,24);1H. The van der Waals surface area contributed by atoms with Crippen LogP contribution in [0.25, 0.3) is 0 Å². The lowest BCUT2D eigenvalue weighted by molar-refractivity contribution is -0.142. The van der Waals surface area contributed by atoms with Gasteiger partial charge in [-0.1, -0.05) is 17.7 Å². The summed E-state index contributed by atoms with van der Waals surface area (Å²) in [4.78, 5) is 36.0. The quantitative estimate of drug-likeness (QED) is 0.674. The molecule has 0 saturated heterocycles. The van der Waals surface area contributed by atoms with E-state index in [1.54, 1.807) is 0 Å². The number of anilines is 1. The van der Waals surface area contributed by atoms with Gasteiger partial charge < -0.3 is 15.7 Å². The lowest BCUT2D eigenvalue weighted by atomic mass is 10.1. The van der Waals surface area contributed by atoms with Crippen molar-refractivity contribution in [2.75, 3.05) is 25.5 Å². The molecule has 0 aliphatic heterocycles. The largest absolute Gasteiger partial charge is 0.480 e. The molecule has 1 aromatic carbocycles. The molecular formula is C17H26ClN3O4. The summed E-state index contributed by atoms with van der Waals surface area (Å²) in [6.07, 6.45) is 0. The van der Waals surface area contributed by atoms with E-state index in [-0.39, 0.29) is 31.4 Å². The maximum atomic E-state index is 12.0. The van der Waals surface area contributed by atoms with Crippen LogP contribution in [0, 0.1) is 20.8 Å². The lowest BCUT2D eigenvalue weighted by Gasteiger charge is -2.20. The Balaban J connectivity index is 0.00000576. The van der Waals surface area contributed by atoms with Crippen molar-refractivity contribution in [3.63, 3.8) is 0 Å². The monoisotopic (exact) mass is 371 g/mol. The maximum absolute atomic E-state index is 12.0. The molecule has 0 heterocycles. The number of hydrogen-bond acceptors (Lipinski definition) is 4. The van der Waals surface area contributed by atoms with Crippen molar-refractivity contribution in [1.82, 2.24) is 10.2 Å². The smallest absolute Gasteiger partial charge is 0.320 e. The highest BCUT2D eigenvalue weighted by molar-refractivity contribution is 5.96. The normalized spacial score (nSPS) is 11.4. The summed E-state index contributed by atoms with van der Waals surface area (Å²) in [5.74, 6) is -1.74. The van der Waals surface area contributed by atoms with E-state index >= 15 is 0 Å². The van der Waals surface area contributed by atoms with Gasteiger partial charge in [0.25, 0.3) is 0 Å². The molecule has 1 unspecified atom stereocenters. The van der Waals surface area contributed by atoms with Gasteiger partial charge in [-0.15, -0.1) is 12.4 Å². The average molecular weight is 372 g/mol. The van der Waals surface area contributed by atoms with E-state index in [9.17, 15) is 14.4 Å². The summed E-state index contributed by atoms with van der Waals surface area (Å²) in [6.45, 7) is 7.04. The van der Waals surface area contributed by atoms with Gasteiger partial charge in [0.05, 0.1) is 13.1 Å². The van der Waals surface area contributed by atoms with Crippen LogP contribution >= 0.6 is 12.4 Å². The predicted octanol–water partition coefficient (Wildman–Crippen LogP) is 1.49. The number of carbonyl (C=O) groups excluding carboxylic acids is 2. The van der Waals surface area contributed by atoms with Crippen LogP contribution in [0.5, 0.6) is 0 Å². The Morgan fingerprint density at radius 2 is 1.64 bits per heavy atom. The SMILES string of the molecule is Cc1cc(C)c(NC(=O)CNC(=O)CN(C)C(C)C(=O)O)c(C)c1.Cl. The Kier molecular flexibility index (Phi) is 9.16. The molecule has 0 spiro atoms. The molecule has 0 bridgehead atoms. The van der Waals surface area contributed by atoms with E-state index in [2.05, 4.69) is 10.6 Å². The van der Waals surface area contributed by atoms with Crippen LogP contribution in [-0.4, -0.2) is 54.0 Å². The molecule has 7 nitrogen and oxygen atoms in total. The van der Waals surface area contributed by atoms with Crippen LogP contribution in [-0.2, 0) is 14.4 Å². The number of amides is 2. The molecule has 0 aromatic heterocycles. The fourth-order valence-electron chi connectivity index (χ4n) is 2.35. The van der Waals surface area contributed by atoms with Crippen LogP contribution in [0.4, 0.5) is 5.69 Å². The summed E-state index contributed by atoms with van der Waals surface area (Å²) in [5, 5.41) is 14.2. The summed E-state index contributed by atoms with van der Waals surface area (Å²) >= 11 is 0. The molecule has 2 amide bonds. The van der Waals surface area contributed by atoms with E-state index in [0.717, 1.165) is 22.4 Å². The highest BCUT2D eigenvalue weighted by Crippen LogP contribution is 2.21. The Bertz CT molecular complexity index is 626. The lowest BCUT2D eigenvalue weighted by Crippen LogP contribution is -2.44. The summed E-state index contributed by atoms with van der Waals surface area (Å²) < 4.78 is 0. The zero-order chi connectivity index (χ0) is 18.4. The van der Waals surface area contributed by atoms with Gasteiger partial charge in [0, 0.05) is 5.69 Å². The van der Waals surface area contributed by atoms with Gasteiger partial charge in [0.1, 0.15) is 6.04 Å². The molecule has 1 atom stereocenters. The van der Waals surface area contributed by atoms with Gasteiger partial charge in [0.15, 0.2) is 0 Å². The van der Waals surface area contributed by atoms with E-state index in [0.29, 0.717) is 0 Å². The minimum atomic E-state index is -1.01. The van der Waals surface area contributed by atoms with Crippen molar-refractivity contribution in [1.29, 1.82) is 0 Å². The first-order chi connectivity index (χ1) is 11.1. The number of carbonyl (C=O) groups is 3. The molecule has 25 heavy (non-hydrogen) atoms. The van der Waals surface area contributed by atoms with E-state index < -0.39 is 17.9 Å². The third-order valence-electron chi connectivity index (χ3n) is 3.80. The molecule has 0 saturated carbocycles. The summed E-state index contributed by atoms with van der Waals surface area (Å²) in [7, 11) is 1.54. The Labute approximate surface area is 154 Å². The first-order valence-corrected chi connectivity index (χ1v) is 7.69. The average Bonchev–Trinajstić information content (AvgIpc) is 2.47. The second kappa shape index (κ2) is 10.0. The number of hydrogen-bond donors (Lipinski definition) is 3. The molecular weight excluding hydrogens is 346 g/mol. The third kappa shape index (κ3) is 7.11. The third-order valence-corrected chi connectivity index (χ3v) is 3.80. The van der Waals surface area contributed by atoms with Gasteiger partial charge in [-0.25, -0.2) is 0 Å². The predicted molar refractivity (Wildman–Crippen MR) is 99.3 cm³/mol. The molecule has 8 heteroatoms. The molecule has 1 aromatic rings. The second-order valence-corrected chi connectivity index (χ2v) is 6.03. The number of nitrogens with zero attached hydrogens (tertiary/aromatic N) is 1. The van der Waals surface area contributed by atoms with Crippen LogP contribution in [0.3, 0.4) is 0 Å². The Morgan fingerprint density at radius 3 is 2.12 bits per heavy atom. The number of halogens is 1. The molecule has 140 valence electrons. The minimum absolute atomic E-state index is 0. The first kappa shape index (κ1) is 22.9. The molecule has 0 aliphatic carbocycles. The topological polar surface area (TPSA) is 98.7 Å². The van der Waals surface area contributed by atoms with Gasteiger partial charge in [0.2, 0.25) is 11.8 Å². The Morgan fingerprint density at radius 1 is 1.12 bits per heavy atom. The van der Waals surface area contributed by atoms with Crippen molar-refractivity contribution in [2.45, 2.75) is 33.7 Å². The molecule has 1 rings (SSSR count). The molecule has 3 N–H and O–H groups in total. The van der Waals surface area contributed by atoms with Gasteiger partial charge in [-0.05, 0) is 45.9 Å². The van der Waals surface area contributed by atoms with E-state index in [1.807, 2.05) is 32.9 Å². The zero-order valence-corrected chi connectivity index (χ0v) is 16.0. The number of rotatable bonds is 7. The van der Waals surface area contributed by atoms with Gasteiger partial charge in [-0.3, -0.25) is 19.3 Å². The van der Waals surface area contributed by atoms with Crippen LogP contribution in [0.1, 0.15) is 23.6 Å². The minimum Gasteiger partial charge on any atom is -0.480 e.